The topological polar surface area (TPSA) is 69.7 Å². The van der Waals surface area contributed by atoms with Crippen LogP contribution in [0.1, 0.15) is 25.3 Å². The second kappa shape index (κ2) is 5.85. The second-order valence-corrected chi connectivity index (χ2v) is 6.48. The summed E-state index contributed by atoms with van der Waals surface area (Å²) in [5.74, 6) is -0.608. The Morgan fingerprint density at radius 3 is 2.43 bits per heavy atom. The number of rotatable bonds is 3. The highest BCUT2D eigenvalue weighted by Gasteiger charge is 2.49. The summed E-state index contributed by atoms with van der Waals surface area (Å²) in [5, 5.41) is 3.24. The van der Waals surface area contributed by atoms with Crippen molar-refractivity contribution >= 4 is 29.4 Å². The van der Waals surface area contributed by atoms with E-state index in [1.807, 2.05) is 0 Å². The highest BCUT2D eigenvalue weighted by molar-refractivity contribution is 6.30. The van der Waals surface area contributed by atoms with Crippen LogP contribution in [0.2, 0.25) is 5.02 Å². The minimum Gasteiger partial charge on any atom is -0.341 e. The third-order valence-electron chi connectivity index (χ3n) is 4.45. The number of carbonyl (C=O) groups is 3. The van der Waals surface area contributed by atoms with Crippen molar-refractivity contribution in [1.82, 2.24) is 15.1 Å². The standard InChI is InChI=1S/C16H18ClN3O3/c1-16(11-4-6-12(17)7-5-11)14(22)20(15(23)18-16)10-13(21)19-8-2-3-9-19/h4-7H,2-3,8-10H2,1H3,(H,18,23)/t16-/m0/s1. The Morgan fingerprint density at radius 1 is 1.22 bits per heavy atom. The lowest BCUT2D eigenvalue weighted by molar-refractivity contribution is -0.138. The van der Waals surface area contributed by atoms with Crippen molar-refractivity contribution in [2.75, 3.05) is 19.6 Å². The van der Waals surface area contributed by atoms with Crippen molar-refractivity contribution in [1.29, 1.82) is 0 Å². The maximum absolute atomic E-state index is 12.7. The number of carbonyl (C=O) groups excluding carboxylic acids is 3. The maximum atomic E-state index is 12.7. The molecule has 0 aromatic heterocycles. The van der Waals surface area contributed by atoms with E-state index >= 15 is 0 Å². The van der Waals surface area contributed by atoms with Gasteiger partial charge in [-0.25, -0.2) is 4.79 Å². The van der Waals surface area contributed by atoms with E-state index < -0.39 is 17.5 Å². The first-order valence-corrected chi connectivity index (χ1v) is 7.97. The third-order valence-corrected chi connectivity index (χ3v) is 4.70. The van der Waals surface area contributed by atoms with E-state index in [4.69, 9.17) is 11.6 Å². The molecule has 7 heteroatoms. The van der Waals surface area contributed by atoms with Crippen LogP contribution in [0.4, 0.5) is 4.79 Å². The van der Waals surface area contributed by atoms with Crippen molar-refractivity contribution < 1.29 is 14.4 Å². The lowest BCUT2D eigenvalue weighted by Crippen LogP contribution is -2.43. The molecule has 1 atom stereocenters. The van der Waals surface area contributed by atoms with E-state index in [1.54, 1.807) is 36.1 Å². The van der Waals surface area contributed by atoms with Gasteiger partial charge in [0, 0.05) is 18.1 Å². The summed E-state index contributed by atoms with van der Waals surface area (Å²) in [6.07, 6.45) is 1.93. The van der Waals surface area contributed by atoms with Crippen LogP contribution in [0.5, 0.6) is 0 Å². The van der Waals surface area contributed by atoms with Crippen LogP contribution in [0.15, 0.2) is 24.3 Å². The first-order chi connectivity index (χ1) is 10.9. The molecule has 1 aromatic carbocycles. The SMILES string of the molecule is C[C@@]1(c2ccc(Cl)cc2)NC(=O)N(CC(=O)N2CCCC2)C1=O. The number of nitrogens with zero attached hydrogens (tertiary/aromatic N) is 2. The minimum atomic E-state index is -1.17. The van der Waals surface area contributed by atoms with E-state index in [-0.39, 0.29) is 12.5 Å². The van der Waals surface area contributed by atoms with Crippen LogP contribution in [0, 0.1) is 0 Å². The fourth-order valence-corrected chi connectivity index (χ4v) is 3.15. The minimum absolute atomic E-state index is 0.189. The average molecular weight is 336 g/mol. The number of hydrogen-bond acceptors (Lipinski definition) is 3. The van der Waals surface area contributed by atoms with Crippen LogP contribution >= 0.6 is 11.6 Å². The van der Waals surface area contributed by atoms with Gasteiger partial charge >= 0.3 is 6.03 Å². The normalized spacial score (nSPS) is 24.3. The number of amides is 4. The Balaban J connectivity index is 1.79. The lowest BCUT2D eigenvalue weighted by Gasteiger charge is -2.23. The molecule has 2 fully saturated rings. The number of hydrogen-bond donors (Lipinski definition) is 1. The van der Waals surface area contributed by atoms with E-state index in [2.05, 4.69) is 5.32 Å². The predicted molar refractivity (Wildman–Crippen MR) is 84.9 cm³/mol. The largest absolute Gasteiger partial charge is 0.341 e. The Bertz CT molecular complexity index is 655. The Kier molecular flexibility index (Phi) is 4.02. The Morgan fingerprint density at radius 2 is 1.83 bits per heavy atom. The van der Waals surface area contributed by atoms with Crippen LogP contribution in [0.25, 0.3) is 0 Å². The van der Waals surface area contributed by atoms with Gasteiger partial charge < -0.3 is 10.2 Å². The number of benzene rings is 1. The van der Waals surface area contributed by atoms with Crippen LogP contribution in [-0.4, -0.2) is 47.3 Å². The molecular weight excluding hydrogens is 318 g/mol. The monoisotopic (exact) mass is 335 g/mol. The summed E-state index contributed by atoms with van der Waals surface area (Å²) < 4.78 is 0. The number of halogens is 1. The average Bonchev–Trinajstić information content (AvgIpc) is 3.12. The van der Waals surface area contributed by atoms with Gasteiger partial charge in [-0.3, -0.25) is 14.5 Å². The van der Waals surface area contributed by atoms with Crippen molar-refractivity contribution in [3.8, 4) is 0 Å². The maximum Gasteiger partial charge on any atom is 0.325 e. The molecule has 23 heavy (non-hydrogen) atoms. The molecular formula is C16H18ClN3O3. The van der Waals surface area contributed by atoms with Gasteiger partial charge in [-0.1, -0.05) is 23.7 Å². The van der Waals surface area contributed by atoms with Gasteiger partial charge in [0.15, 0.2) is 0 Å². The summed E-state index contributed by atoms with van der Waals surface area (Å²) >= 11 is 5.87. The third kappa shape index (κ3) is 2.79. The molecule has 0 unspecified atom stereocenters. The number of nitrogens with one attached hydrogen (secondary N) is 1. The van der Waals surface area contributed by atoms with E-state index in [0.717, 1.165) is 17.7 Å². The molecule has 1 aromatic rings. The summed E-state index contributed by atoms with van der Waals surface area (Å²) in [4.78, 5) is 39.8. The van der Waals surface area contributed by atoms with E-state index in [0.29, 0.717) is 23.7 Å². The molecule has 2 heterocycles. The van der Waals surface area contributed by atoms with Crippen LogP contribution < -0.4 is 5.32 Å². The van der Waals surface area contributed by atoms with Gasteiger partial charge in [0.1, 0.15) is 12.1 Å². The van der Waals surface area contributed by atoms with E-state index in [1.165, 1.54) is 0 Å². The number of likely N-dealkylation sites (tertiary alicyclic amines) is 1. The van der Waals surface area contributed by atoms with Gasteiger partial charge in [-0.05, 0) is 37.5 Å². The van der Waals surface area contributed by atoms with Gasteiger partial charge in [0.2, 0.25) is 5.91 Å². The fraction of sp³-hybridized carbons (Fsp3) is 0.438. The molecule has 1 N–H and O–H groups in total. The molecule has 122 valence electrons. The number of urea groups is 1. The van der Waals surface area contributed by atoms with Crippen molar-refractivity contribution in [2.45, 2.75) is 25.3 Å². The van der Waals surface area contributed by atoms with Crippen molar-refractivity contribution in [3.05, 3.63) is 34.9 Å². The predicted octanol–water partition coefficient (Wildman–Crippen LogP) is 1.73. The lowest BCUT2D eigenvalue weighted by atomic mass is 9.92. The second-order valence-electron chi connectivity index (χ2n) is 6.04. The van der Waals surface area contributed by atoms with Gasteiger partial charge in [-0.15, -0.1) is 0 Å². The molecule has 2 aliphatic heterocycles. The first-order valence-electron chi connectivity index (χ1n) is 7.60. The molecule has 0 radical (unpaired) electrons. The Hall–Kier alpha value is -2.08. The van der Waals surface area contributed by atoms with Crippen LogP contribution in [-0.2, 0) is 15.1 Å². The molecule has 2 saturated heterocycles. The molecule has 2 aliphatic rings. The van der Waals surface area contributed by atoms with Crippen molar-refractivity contribution in [3.63, 3.8) is 0 Å². The smallest absolute Gasteiger partial charge is 0.325 e. The summed E-state index contributed by atoms with van der Waals surface area (Å²) in [7, 11) is 0. The summed E-state index contributed by atoms with van der Waals surface area (Å²) in [6.45, 7) is 2.80. The molecule has 0 spiro atoms. The van der Waals surface area contributed by atoms with Gasteiger partial charge in [-0.2, -0.15) is 0 Å². The molecule has 0 aliphatic carbocycles. The zero-order chi connectivity index (χ0) is 16.6. The molecule has 3 rings (SSSR count). The summed E-state index contributed by atoms with van der Waals surface area (Å²) in [5.41, 5.74) is -0.538. The zero-order valence-electron chi connectivity index (χ0n) is 12.8. The summed E-state index contributed by atoms with van der Waals surface area (Å²) in [6, 6.07) is 6.19. The van der Waals surface area contributed by atoms with E-state index in [9.17, 15) is 14.4 Å². The Labute approximate surface area is 139 Å². The van der Waals surface area contributed by atoms with Gasteiger partial charge in [0.25, 0.3) is 5.91 Å². The van der Waals surface area contributed by atoms with Crippen LogP contribution in [0.3, 0.4) is 0 Å². The fourth-order valence-electron chi connectivity index (χ4n) is 3.02. The molecule has 0 bridgehead atoms. The number of imide groups is 1. The highest BCUT2D eigenvalue weighted by Crippen LogP contribution is 2.29. The zero-order valence-corrected chi connectivity index (χ0v) is 13.6. The first kappa shape index (κ1) is 15.8. The molecule has 0 saturated carbocycles. The molecule has 4 amide bonds. The van der Waals surface area contributed by atoms with Crippen molar-refractivity contribution in [2.24, 2.45) is 0 Å². The quantitative estimate of drug-likeness (QED) is 0.855. The molecule has 6 nitrogen and oxygen atoms in total. The highest BCUT2D eigenvalue weighted by atomic mass is 35.5. The van der Waals surface area contributed by atoms with Gasteiger partial charge in [0.05, 0.1) is 0 Å².